The van der Waals surface area contributed by atoms with Gasteiger partial charge in [-0.15, -0.1) is 0 Å². The molecule has 0 bridgehead atoms. The summed E-state index contributed by atoms with van der Waals surface area (Å²) in [6.45, 7) is 7.93. The number of carbonyl (C=O) groups excluding carboxylic acids is 1. The van der Waals surface area contributed by atoms with Crippen molar-refractivity contribution in [3.8, 4) is 5.75 Å². The highest BCUT2D eigenvalue weighted by Gasteiger charge is 2.14. The van der Waals surface area contributed by atoms with Crippen LogP contribution in [0.5, 0.6) is 5.75 Å². The van der Waals surface area contributed by atoms with Crippen LogP contribution >= 0.6 is 0 Å². The molecule has 1 aliphatic rings. The van der Waals surface area contributed by atoms with Crippen molar-refractivity contribution in [1.29, 1.82) is 0 Å². The summed E-state index contributed by atoms with van der Waals surface area (Å²) in [7, 11) is 0. The van der Waals surface area contributed by atoms with Crippen LogP contribution in [0.25, 0.3) is 0 Å². The molecule has 2 rings (SSSR count). The van der Waals surface area contributed by atoms with E-state index in [1.807, 2.05) is 25.1 Å². The zero-order valence-electron chi connectivity index (χ0n) is 12.7. The number of hydrogen-bond acceptors (Lipinski definition) is 3. The van der Waals surface area contributed by atoms with Gasteiger partial charge in [0.2, 0.25) is 0 Å². The van der Waals surface area contributed by atoms with Crippen LogP contribution in [0.2, 0.25) is 0 Å². The molecule has 1 aliphatic heterocycles. The first-order valence-corrected chi connectivity index (χ1v) is 7.75. The number of carbonyl (C=O) groups is 1. The van der Waals surface area contributed by atoms with Crippen molar-refractivity contribution in [1.82, 2.24) is 4.90 Å². The van der Waals surface area contributed by atoms with Crippen molar-refractivity contribution in [2.75, 3.05) is 26.2 Å². The van der Waals surface area contributed by atoms with E-state index >= 15 is 0 Å². The second kappa shape index (κ2) is 7.44. The number of nitrogens with zero attached hydrogens (tertiary/aromatic N) is 1. The maximum atomic E-state index is 12.3. The van der Waals surface area contributed by atoms with E-state index in [0.29, 0.717) is 13.0 Å². The van der Waals surface area contributed by atoms with Crippen molar-refractivity contribution in [2.24, 2.45) is 0 Å². The van der Waals surface area contributed by atoms with Crippen LogP contribution in [0, 0.1) is 0 Å². The third kappa shape index (κ3) is 3.83. The van der Waals surface area contributed by atoms with Crippen LogP contribution < -0.4 is 4.74 Å². The summed E-state index contributed by atoms with van der Waals surface area (Å²) in [5.74, 6) is 1.15. The van der Waals surface area contributed by atoms with Crippen LogP contribution in [0.3, 0.4) is 0 Å². The first-order valence-electron chi connectivity index (χ1n) is 7.75. The molecule has 1 aromatic rings. The number of benzene rings is 1. The predicted octanol–water partition coefficient (Wildman–Crippen LogP) is 3.32. The van der Waals surface area contributed by atoms with E-state index < -0.39 is 0 Å². The van der Waals surface area contributed by atoms with Gasteiger partial charge in [0.15, 0.2) is 5.78 Å². The Bertz CT molecular complexity index is 450. The third-order valence-electron chi connectivity index (χ3n) is 3.92. The van der Waals surface area contributed by atoms with E-state index in [9.17, 15) is 4.79 Å². The van der Waals surface area contributed by atoms with Gasteiger partial charge in [0, 0.05) is 18.5 Å². The highest BCUT2D eigenvalue weighted by molar-refractivity contribution is 5.96. The summed E-state index contributed by atoms with van der Waals surface area (Å²) in [5.41, 5.74) is 1.95. The summed E-state index contributed by atoms with van der Waals surface area (Å²) in [6.07, 6.45) is 4.06. The molecule has 0 spiro atoms. The predicted molar refractivity (Wildman–Crippen MR) is 81.6 cm³/mol. The standard InChI is InChI=1S/C17H25NO2/c1-3-14-13-15(7-8-17(14)20-4-2)16(19)9-12-18-10-5-6-11-18/h7-8,13H,3-6,9-12H2,1-2H3. The van der Waals surface area contributed by atoms with E-state index in [0.717, 1.165) is 42.9 Å². The Hall–Kier alpha value is -1.35. The molecule has 3 nitrogen and oxygen atoms in total. The lowest BCUT2D eigenvalue weighted by atomic mass is 10.0. The third-order valence-corrected chi connectivity index (χ3v) is 3.92. The van der Waals surface area contributed by atoms with Crippen LogP contribution in [0.4, 0.5) is 0 Å². The van der Waals surface area contributed by atoms with Gasteiger partial charge in [-0.25, -0.2) is 0 Å². The maximum absolute atomic E-state index is 12.3. The molecule has 0 aliphatic carbocycles. The molecule has 0 radical (unpaired) electrons. The number of ketones is 1. The minimum absolute atomic E-state index is 0.245. The van der Waals surface area contributed by atoms with Gasteiger partial charge >= 0.3 is 0 Å². The van der Waals surface area contributed by atoms with Crippen LogP contribution in [-0.4, -0.2) is 36.9 Å². The molecular weight excluding hydrogens is 250 g/mol. The van der Waals surface area contributed by atoms with Gasteiger partial charge < -0.3 is 9.64 Å². The molecule has 110 valence electrons. The van der Waals surface area contributed by atoms with Gasteiger partial charge in [-0.1, -0.05) is 6.92 Å². The fraction of sp³-hybridized carbons (Fsp3) is 0.588. The minimum atomic E-state index is 0.245. The highest BCUT2D eigenvalue weighted by Crippen LogP contribution is 2.22. The largest absolute Gasteiger partial charge is 0.494 e. The number of rotatable bonds is 7. The van der Waals surface area contributed by atoms with E-state index in [1.165, 1.54) is 12.8 Å². The Morgan fingerprint density at radius 3 is 2.65 bits per heavy atom. The number of hydrogen-bond donors (Lipinski definition) is 0. The van der Waals surface area contributed by atoms with Crippen molar-refractivity contribution in [2.45, 2.75) is 39.5 Å². The highest BCUT2D eigenvalue weighted by atomic mass is 16.5. The number of aryl methyl sites for hydroxylation is 1. The summed E-state index contributed by atoms with van der Waals surface area (Å²) in [6, 6.07) is 5.83. The van der Waals surface area contributed by atoms with E-state index in [2.05, 4.69) is 11.8 Å². The van der Waals surface area contributed by atoms with Crippen LogP contribution in [0.15, 0.2) is 18.2 Å². The van der Waals surface area contributed by atoms with Crippen LogP contribution in [0.1, 0.15) is 49.0 Å². The normalized spacial score (nSPS) is 15.5. The molecule has 1 saturated heterocycles. The van der Waals surface area contributed by atoms with Gasteiger partial charge in [0.1, 0.15) is 5.75 Å². The minimum Gasteiger partial charge on any atom is -0.494 e. The van der Waals surface area contributed by atoms with Crippen molar-refractivity contribution >= 4 is 5.78 Å². The summed E-state index contributed by atoms with van der Waals surface area (Å²) in [4.78, 5) is 14.7. The second-order valence-corrected chi connectivity index (χ2v) is 5.33. The topological polar surface area (TPSA) is 29.5 Å². The quantitative estimate of drug-likeness (QED) is 0.715. The average molecular weight is 275 g/mol. The first kappa shape index (κ1) is 15.0. The van der Waals surface area contributed by atoms with Crippen molar-refractivity contribution < 1.29 is 9.53 Å². The number of likely N-dealkylation sites (tertiary alicyclic amines) is 1. The molecule has 1 fully saturated rings. The Morgan fingerprint density at radius 2 is 2.00 bits per heavy atom. The molecule has 1 aromatic carbocycles. The monoisotopic (exact) mass is 275 g/mol. The Morgan fingerprint density at radius 1 is 1.25 bits per heavy atom. The average Bonchev–Trinajstić information content (AvgIpc) is 2.98. The fourth-order valence-corrected chi connectivity index (χ4v) is 2.74. The SMILES string of the molecule is CCOc1ccc(C(=O)CCN2CCCC2)cc1CC. The van der Waals surface area contributed by atoms with Crippen LogP contribution in [-0.2, 0) is 6.42 Å². The summed E-state index contributed by atoms with van der Waals surface area (Å²) < 4.78 is 5.58. The van der Waals surface area contributed by atoms with E-state index in [1.54, 1.807) is 0 Å². The smallest absolute Gasteiger partial charge is 0.164 e. The Balaban J connectivity index is 1.98. The molecular formula is C17H25NO2. The summed E-state index contributed by atoms with van der Waals surface area (Å²) >= 11 is 0. The van der Waals surface area contributed by atoms with Crippen molar-refractivity contribution in [3.05, 3.63) is 29.3 Å². The lowest BCUT2D eigenvalue weighted by Crippen LogP contribution is -2.22. The molecule has 1 heterocycles. The van der Waals surface area contributed by atoms with Gasteiger partial charge in [0.25, 0.3) is 0 Å². The number of ether oxygens (including phenoxy) is 1. The lowest BCUT2D eigenvalue weighted by molar-refractivity contribution is 0.0969. The molecule has 0 unspecified atom stereocenters. The fourth-order valence-electron chi connectivity index (χ4n) is 2.74. The lowest BCUT2D eigenvalue weighted by Gasteiger charge is -2.14. The molecule has 20 heavy (non-hydrogen) atoms. The molecule has 0 amide bonds. The van der Waals surface area contributed by atoms with E-state index in [-0.39, 0.29) is 5.78 Å². The molecule has 3 heteroatoms. The Labute approximate surface area is 121 Å². The maximum Gasteiger partial charge on any atom is 0.164 e. The van der Waals surface area contributed by atoms with Gasteiger partial charge in [-0.05, 0) is 63.0 Å². The number of Topliss-reactive ketones (excluding diaryl/α,β-unsaturated/α-hetero) is 1. The van der Waals surface area contributed by atoms with Gasteiger partial charge in [-0.2, -0.15) is 0 Å². The zero-order chi connectivity index (χ0) is 14.4. The van der Waals surface area contributed by atoms with E-state index in [4.69, 9.17) is 4.74 Å². The molecule has 0 atom stereocenters. The Kier molecular flexibility index (Phi) is 5.60. The second-order valence-electron chi connectivity index (χ2n) is 5.33. The zero-order valence-corrected chi connectivity index (χ0v) is 12.7. The molecule has 0 N–H and O–H groups in total. The summed E-state index contributed by atoms with van der Waals surface area (Å²) in [5, 5.41) is 0. The molecule has 0 aromatic heterocycles. The van der Waals surface area contributed by atoms with Gasteiger partial charge in [0.05, 0.1) is 6.61 Å². The first-order chi connectivity index (χ1) is 9.74. The van der Waals surface area contributed by atoms with Gasteiger partial charge in [-0.3, -0.25) is 4.79 Å². The molecule has 0 saturated carbocycles. The van der Waals surface area contributed by atoms with Crippen molar-refractivity contribution in [3.63, 3.8) is 0 Å².